The van der Waals surface area contributed by atoms with Gasteiger partial charge in [-0.2, -0.15) is 0 Å². The van der Waals surface area contributed by atoms with E-state index in [9.17, 15) is 9.59 Å². The highest BCUT2D eigenvalue weighted by molar-refractivity contribution is 6.07. The summed E-state index contributed by atoms with van der Waals surface area (Å²) in [4.78, 5) is 25.9. The number of carbonyl (C=O) groups is 2. The Morgan fingerprint density at radius 3 is 2.80 bits per heavy atom. The molecule has 1 aromatic rings. The van der Waals surface area contributed by atoms with Crippen molar-refractivity contribution >= 4 is 11.8 Å². The molecule has 0 fully saturated rings. The molecule has 1 N–H and O–H groups in total. The Hall–Kier alpha value is -2.17. The Morgan fingerprint density at radius 1 is 1.53 bits per heavy atom. The van der Waals surface area contributed by atoms with Crippen LogP contribution in [0.2, 0.25) is 0 Å². The summed E-state index contributed by atoms with van der Waals surface area (Å²) < 4.78 is 4.22. The minimum absolute atomic E-state index is 0.285. The molecular formula is C10H9NO4. The van der Waals surface area contributed by atoms with E-state index in [1.165, 1.54) is 18.5 Å². The zero-order valence-corrected chi connectivity index (χ0v) is 8.01. The molecule has 15 heavy (non-hydrogen) atoms. The zero-order valence-electron chi connectivity index (χ0n) is 8.01. The molecule has 0 aliphatic heterocycles. The molecule has 0 atom stereocenters. The van der Waals surface area contributed by atoms with Gasteiger partial charge in [0.25, 0.3) is 0 Å². The van der Waals surface area contributed by atoms with E-state index < -0.39 is 17.5 Å². The van der Waals surface area contributed by atoms with Crippen molar-refractivity contribution < 1.29 is 19.4 Å². The fraction of sp³-hybridized carbons (Fsp3) is 0.100. The number of aliphatic hydroxyl groups is 1. The quantitative estimate of drug-likeness (QED) is 0.344. The maximum absolute atomic E-state index is 11.4. The Morgan fingerprint density at radius 2 is 2.27 bits per heavy atom. The van der Waals surface area contributed by atoms with E-state index in [0.29, 0.717) is 0 Å². The fourth-order valence-electron chi connectivity index (χ4n) is 0.880. The number of pyridine rings is 1. The largest absolute Gasteiger partial charge is 0.502 e. The summed E-state index contributed by atoms with van der Waals surface area (Å²) in [5.41, 5.74) is 0.285. The van der Waals surface area contributed by atoms with Gasteiger partial charge in [0, 0.05) is 24.0 Å². The van der Waals surface area contributed by atoms with Gasteiger partial charge in [0.2, 0.25) is 5.76 Å². The SMILES string of the molecule is COC(=O)/C(O)=C/C(=O)c1cccnc1. The average Bonchev–Trinajstić information content (AvgIpc) is 2.29. The van der Waals surface area contributed by atoms with Crippen molar-refractivity contribution in [1.29, 1.82) is 0 Å². The van der Waals surface area contributed by atoms with Crippen molar-refractivity contribution in [2.75, 3.05) is 7.11 Å². The third kappa shape index (κ3) is 2.91. The lowest BCUT2D eigenvalue weighted by Gasteiger charge is -1.97. The fourth-order valence-corrected chi connectivity index (χ4v) is 0.880. The van der Waals surface area contributed by atoms with Crippen LogP contribution in [-0.2, 0) is 9.53 Å². The van der Waals surface area contributed by atoms with Crippen LogP contribution < -0.4 is 0 Å². The third-order valence-electron chi connectivity index (χ3n) is 1.61. The summed E-state index contributed by atoms with van der Waals surface area (Å²) in [5, 5.41) is 9.09. The maximum Gasteiger partial charge on any atom is 0.373 e. The summed E-state index contributed by atoms with van der Waals surface area (Å²) in [6.07, 6.45) is 3.65. The standard InChI is InChI=1S/C10H9NO4/c1-15-10(14)9(13)5-8(12)7-3-2-4-11-6-7/h2-6,13H,1H3/b9-5-. The van der Waals surface area contributed by atoms with Gasteiger partial charge in [-0.15, -0.1) is 0 Å². The van der Waals surface area contributed by atoms with E-state index in [1.54, 1.807) is 6.07 Å². The second-order valence-corrected chi connectivity index (χ2v) is 2.63. The molecule has 0 aliphatic rings. The summed E-state index contributed by atoms with van der Waals surface area (Å²) in [5.74, 6) is -2.19. The molecular weight excluding hydrogens is 198 g/mol. The van der Waals surface area contributed by atoms with Crippen LogP contribution in [0.15, 0.2) is 36.4 Å². The van der Waals surface area contributed by atoms with Gasteiger partial charge in [-0.25, -0.2) is 4.79 Å². The molecule has 1 aromatic heterocycles. The molecule has 0 spiro atoms. The van der Waals surface area contributed by atoms with Gasteiger partial charge in [0.05, 0.1) is 7.11 Å². The van der Waals surface area contributed by atoms with Gasteiger partial charge in [0.15, 0.2) is 5.78 Å². The molecule has 0 amide bonds. The lowest BCUT2D eigenvalue weighted by Crippen LogP contribution is -2.07. The first-order chi connectivity index (χ1) is 7.15. The van der Waals surface area contributed by atoms with E-state index in [0.717, 1.165) is 13.2 Å². The van der Waals surface area contributed by atoms with Crippen molar-refractivity contribution in [3.8, 4) is 0 Å². The second-order valence-electron chi connectivity index (χ2n) is 2.63. The normalized spacial score (nSPS) is 10.9. The number of aliphatic hydroxyl groups excluding tert-OH is 1. The maximum atomic E-state index is 11.4. The summed E-state index contributed by atoms with van der Waals surface area (Å²) in [7, 11) is 1.11. The summed E-state index contributed by atoms with van der Waals surface area (Å²) in [6.45, 7) is 0. The number of nitrogens with zero attached hydrogens (tertiary/aromatic N) is 1. The monoisotopic (exact) mass is 207 g/mol. The van der Waals surface area contributed by atoms with Gasteiger partial charge in [-0.05, 0) is 12.1 Å². The molecule has 0 unspecified atom stereocenters. The second kappa shape index (κ2) is 4.90. The van der Waals surface area contributed by atoms with Gasteiger partial charge >= 0.3 is 5.97 Å². The van der Waals surface area contributed by atoms with Gasteiger partial charge in [-0.1, -0.05) is 0 Å². The number of ether oxygens (including phenoxy) is 1. The van der Waals surface area contributed by atoms with E-state index >= 15 is 0 Å². The molecule has 0 aliphatic carbocycles. The predicted molar refractivity (Wildman–Crippen MR) is 51.3 cm³/mol. The third-order valence-corrected chi connectivity index (χ3v) is 1.61. The van der Waals surface area contributed by atoms with Crippen LogP contribution in [0.5, 0.6) is 0 Å². The van der Waals surface area contributed by atoms with Crippen LogP contribution in [0.4, 0.5) is 0 Å². The van der Waals surface area contributed by atoms with Crippen molar-refractivity contribution in [3.05, 3.63) is 41.9 Å². The molecule has 5 heteroatoms. The van der Waals surface area contributed by atoms with Gasteiger partial charge < -0.3 is 9.84 Å². The Kier molecular flexibility index (Phi) is 3.56. The zero-order chi connectivity index (χ0) is 11.3. The Bertz CT molecular complexity index is 397. The van der Waals surface area contributed by atoms with Crippen molar-refractivity contribution in [3.63, 3.8) is 0 Å². The average molecular weight is 207 g/mol. The van der Waals surface area contributed by atoms with E-state index in [2.05, 4.69) is 9.72 Å². The first-order valence-electron chi connectivity index (χ1n) is 4.08. The van der Waals surface area contributed by atoms with Crippen molar-refractivity contribution in [2.24, 2.45) is 0 Å². The number of ketones is 1. The number of carbonyl (C=O) groups excluding carboxylic acids is 2. The topological polar surface area (TPSA) is 76.5 Å². The lowest BCUT2D eigenvalue weighted by molar-refractivity contribution is -0.139. The molecule has 0 radical (unpaired) electrons. The Balaban J connectivity index is 2.84. The highest BCUT2D eigenvalue weighted by Crippen LogP contribution is 2.01. The molecule has 0 bridgehead atoms. The smallest absolute Gasteiger partial charge is 0.373 e. The highest BCUT2D eigenvalue weighted by Gasteiger charge is 2.10. The van der Waals surface area contributed by atoms with Gasteiger partial charge in [-0.3, -0.25) is 9.78 Å². The number of esters is 1. The highest BCUT2D eigenvalue weighted by atomic mass is 16.5. The van der Waals surface area contributed by atoms with Crippen LogP contribution in [0.1, 0.15) is 10.4 Å². The van der Waals surface area contributed by atoms with E-state index in [-0.39, 0.29) is 5.56 Å². The molecule has 1 heterocycles. The van der Waals surface area contributed by atoms with Crippen LogP contribution in [0.25, 0.3) is 0 Å². The van der Waals surface area contributed by atoms with Crippen LogP contribution in [-0.4, -0.2) is 29.0 Å². The van der Waals surface area contributed by atoms with Crippen LogP contribution in [0.3, 0.4) is 0 Å². The minimum atomic E-state index is -0.952. The van der Waals surface area contributed by atoms with Gasteiger partial charge in [0.1, 0.15) is 0 Å². The number of hydrogen-bond donors (Lipinski definition) is 1. The first-order valence-corrected chi connectivity index (χ1v) is 4.08. The van der Waals surface area contributed by atoms with E-state index in [1.807, 2.05) is 0 Å². The molecule has 0 aromatic carbocycles. The molecule has 1 rings (SSSR count). The molecule has 0 saturated heterocycles. The van der Waals surface area contributed by atoms with Crippen molar-refractivity contribution in [2.45, 2.75) is 0 Å². The van der Waals surface area contributed by atoms with E-state index in [4.69, 9.17) is 5.11 Å². The summed E-state index contributed by atoms with van der Waals surface area (Å²) >= 11 is 0. The number of aromatic nitrogens is 1. The molecule has 5 nitrogen and oxygen atoms in total. The number of rotatable bonds is 3. The van der Waals surface area contributed by atoms with Crippen LogP contribution >= 0.6 is 0 Å². The van der Waals surface area contributed by atoms with Crippen LogP contribution in [0, 0.1) is 0 Å². The lowest BCUT2D eigenvalue weighted by atomic mass is 10.2. The number of allylic oxidation sites excluding steroid dienone is 1. The first kappa shape index (κ1) is 10.9. The number of hydrogen-bond acceptors (Lipinski definition) is 5. The number of methoxy groups -OCH3 is 1. The predicted octanol–water partition coefficient (Wildman–Crippen LogP) is 0.879. The summed E-state index contributed by atoms with van der Waals surface area (Å²) in [6, 6.07) is 3.10. The molecule has 0 saturated carbocycles. The van der Waals surface area contributed by atoms with Crippen molar-refractivity contribution in [1.82, 2.24) is 4.98 Å². The Labute approximate surface area is 86.0 Å². The molecule has 78 valence electrons. The minimum Gasteiger partial charge on any atom is -0.502 e.